The van der Waals surface area contributed by atoms with Crippen molar-refractivity contribution in [1.29, 1.82) is 0 Å². The van der Waals surface area contributed by atoms with Gasteiger partial charge in [-0.3, -0.25) is 4.79 Å². The highest BCUT2D eigenvalue weighted by atomic mass is 16.5. The zero-order valence-electron chi connectivity index (χ0n) is 14.4. The molecule has 0 saturated carbocycles. The minimum atomic E-state index is -0.0672. The molecule has 0 aliphatic heterocycles. The average Bonchev–Trinajstić information content (AvgIpc) is 2.62. The van der Waals surface area contributed by atoms with Gasteiger partial charge in [-0.15, -0.1) is 0 Å². The number of carbonyl (C=O) groups is 1. The van der Waals surface area contributed by atoms with Gasteiger partial charge in [-0.2, -0.15) is 0 Å². The average molecular weight is 327 g/mol. The van der Waals surface area contributed by atoms with E-state index in [1.165, 1.54) is 5.56 Å². The minimum absolute atomic E-state index is 0.0672. The maximum Gasteiger partial charge on any atom is 0.227 e. The molecule has 2 rings (SSSR count). The number of carbonyl (C=O) groups excluding carboxylic acids is 1. The first-order chi connectivity index (χ1) is 11.7. The van der Waals surface area contributed by atoms with Gasteiger partial charge < -0.3 is 14.8 Å². The molecular formula is C20H25NO3. The molecule has 0 spiro atoms. The van der Waals surface area contributed by atoms with E-state index in [9.17, 15) is 4.79 Å². The van der Waals surface area contributed by atoms with Crippen molar-refractivity contribution in [2.24, 2.45) is 0 Å². The molecule has 0 aromatic heterocycles. The van der Waals surface area contributed by atoms with E-state index in [0.29, 0.717) is 19.6 Å². The highest BCUT2D eigenvalue weighted by molar-refractivity contribution is 5.90. The van der Waals surface area contributed by atoms with Gasteiger partial charge in [0.2, 0.25) is 5.91 Å². The van der Waals surface area contributed by atoms with Crippen LogP contribution in [0.15, 0.2) is 48.5 Å². The van der Waals surface area contributed by atoms with E-state index >= 15 is 0 Å². The number of anilines is 1. The van der Waals surface area contributed by atoms with E-state index in [2.05, 4.69) is 19.2 Å². The molecule has 4 nitrogen and oxygen atoms in total. The van der Waals surface area contributed by atoms with Gasteiger partial charge in [0.25, 0.3) is 0 Å². The van der Waals surface area contributed by atoms with Gasteiger partial charge in [0.05, 0.1) is 19.6 Å². The van der Waals surface area contributed by atoms with E-state index in [4.69, 9.17) is 9.47 Å². The van der Waals surface area contributed by atoms with Crippen LogP contribution in [0, 0.1) is 0 Å². The topological polar surface area (TPSA) is 47.6 Å². The summed E-state index contributed by atoms with van der Waals surface area (Å²) in [5, 5.41) is 2.86. The van der Waals surface area contributed by atoms with Crippen LogP contribution in [-0.4, -0.2) is 19.1 Å². The van der Waals surface area contributed by atoms with Crippen molar-refractivity contribution in [3.05, 3.63) is 54.1 Å². The zero-order valence-corrected chi connectivity index (χ0v) is 14.4. The number of amides is 1. The molecule has 1 amide bonds. The molecule has 0 heterocycles. The fourth-order valence-corrected chi connectivity index (χ4v) is 2.16. The molecule has 1 N–H and O–H groups in total. The van der Waals surface area contributed by atoms with Gasteiger partial charge >= 0.3 is 0 Å². The summed E-state index contributed by atoms with van der Waals surface area (Å²) in [5.41, 5.74) is 2.03. The van der Waals surface area contributed by atoms with Crippen molar-refractivity contribution in [2.75, 3.05) is 18.5 Å². The summed E-state index contributed by atoms with van der Waals surface area (Å²) in [5.74, 6) is 1.54. The molecule has 2 aromatic carbocycles. The Bertz CT molecular complexity index is 620. The zero-order chi connectivity index (χ0) is 17.2. The number of rotatable bonds is 9. The van der Waals surface area contributed by atoms with Gasteiger partial charge in [-0.05, 0) is 54.8 Å². The predicted octanol–water partition coefficient (Wildman–Crippen LogP) is 4.45. The number of nitrogens with one attached hydrogen (secondary N) is 1. The molecule has 0 bridgehead atoms. The Labute approximate surface area is 143 Å². The largest absolute Gasteiger partial charge is 0.494 e. The van der Waals surface area contributed by atoms with Crippen LogP contribution in [0.25, 0.3) is 0 Å². The number of hydrogen-bond donors (Lipinski definition) is 1. The molecule has 4 heteroatoms. The third-order valence-corrected chi connectivity index (χ3v) is 3.54. The lowest BCUT2D eigenvalue weighted by Gasteiger charge is -2.09. The normalized spacial score (nSPS) is 10.2. The lowest BCUT2D eigenvalue weighted by molar-refractivity contribution is -0.116. The highest BCUT2D eigenvalue weighted by Gasteiger charge is 2.04. The summed E-state index contributed by atoms with van der Waals surface area (Å²) >= 11 is 0. The van der Waals surface area contributed by atoms with Crippen molar-refractivity contribution >= 4 is 11.6 Å². The van der Waals surface area contributed by atoms with Crippen LogP contribution in [0.2, 0.25) is 0 Å². The summed E-state index contributed by atoms with van der Waals surface area (Å²) in [6.07, 6.45) is 2.29. The minimum Gasteiger partial charge on any atom is -0.494 e. The predicted molar refractivity (Wildman–Crippen MR) is 96.8 cm³/mol. The van der Waals surface area contributed by atoms with Crippen LogP contribution in [0.1, 0.15) is 32.3 Å². The molecule has 0 radical (unpaired) electrons. The Morgan fingerprint density at radius 1 is 0.875 bits per heavy atom. The lowest BCUT2D eigenvalue weighted by Crippen LogP contribution is -2.15. The van der Waals surface area contributed by atoms with E-state index in [0.717, 1.165) is 30.0 Å². The second-order valence-corrected chi connectivity index (χ2v) is 5.52. The molecule has 0 aliphatic rings. The van der Waals surface area contributed by atoms with Crippen LogP contribution in [0.5, 0.6) is 11.5 Å². The van der Waals surface area contributed by atoms with E-state index in [1.54, 1.807) is 0 Å². The number of benzene rings is 2. The van der Waals surface area contributed by atoms with Crippen molar-refractivity contribution < 1.29 is 14.3 Å². The second-order valence-electron chi connectivity index (χ2n) is 5.52. The lowest BCUT2D eigenvalue weighted by atomic mass is 10.2. The quantitative estimate of drug-likeness (QED) is 0.740. The molecule has 2 aromatic rings. The molecule has 24 heavy (non-hydrogen) atoms. The van der Waals surface area contributed by atoms with Crippen molar-refractivity contribution in [1.82, 2.24) is 0 Å². The van der Waals surface area contributed by atoms with Crippen LogP contribution in [-0.2, 0) is 11.2 Å². The van der Waals surface area contributed by atoms with Crippen molar-refractivity contribution in [2.45, 2.75) is 33.1 Å². The number of aryl methyl sites for hydroxylation is 1. The molecule has 0 unspecified atom stereocenters. The number of hydrogen-bond acceptors (Lipinski definition) is 3. The van der Waals surface area contributed by atoms with E-state index < -0.39 is 0 Å². The SMILES string of the molecule is CCCOc1ccc(NC(=O)CCOc2ccc(CC)cc2)cc1. The van der Waals surface area contributed by atoms with Gasteiger partial charge in [0, 0.05) is 5.69 Å². The molecule has 0 atom stereocenters. The molecule has 128 valence electrons. The van der Waals surface area contributed by atoms with Crippen LogP contribution in [0.4, 0.5) is 5.69 Å². The summed E-state index contributed by atoms with van der Waals surface area (Å²) in [6, 6.07) is 15.3. The van der Waals surface area contributed by atoms with E-state index in [1.807, 2.05) is 48.5 Å². The Morgan fingerprint density at radius 2 is 1.46 bits per heavy atom. The monoisotopic (exact) mass is 327 g/mol. The smallest absolute Gasteiger partial charge is 0.227 e. The van der Waals surface area contributed by atoms with Gasteiger partial charge in [-0.1, -0.05) is 26.0 Å². The Balaban J connectivity index is 1.72. The molecular weight excluding hydrogens is 302 g/mol. The fraction of sp³-hybridized carbons (Fsp3) is 0.350. The Morgan fingerprint density at radius 3 is 2.04 bits per heavy atom. The molecule has 0 fully saturated rings. The third-order valence-electron chi connectivity index (χ3n) is 3.54. The van der Waals surface area contributed by atoms with Crippen molar-refractivity contribution in [3.8, 4) is 11.5 Å². The third kappa shape index (κ3) is 5.95. The standard InChI is InChI=1S/C20H25NO3/c1-3-14-23-19-11-7-17(8-12-19)21-20(22)13-15-24-18-9-5-16(4-2)6-10-18/h5-12H,3-4,13-15H2,1-2H3,(H,21,22). The maximum atomic E-state index is 11.9. The summed E-state index contributed by atoms with van der Waals surface area (Å²) in [4.78, 5) is 11.9. The van der Waals surface area contributed by atoms with Gasteiger partial charge in [0.15, 0.2) is 0 Å². The molecule has 0 saturated heterocycles. The van der Waals surface area contributed by atoms with Crippen LogP contribution >= 0.6 is 0 Å². The summed E-state index contributed by atoms with van der Waals surface area (Å²) < 4.78 is 11.1. The number of ether oxygens (including phenoxy) is 2. The first-order valence-corrected chi connectivity index (χ1v) is 8.45. The maximum absolute atomic E-state index is 11.9. The second kappa shape index (κ2) is 9.60. The molecule has 0 aliphatic carbocycles. The Kier molecular flexibility index (Phi) is 7.15. The van der Waals surface area contributed by atoms with Crippen LogP contribution in [0.3, 0.4) is 0 Å². The summed E-state index contributed by atoms with van der Waals surface area (Å²) in [6.45, 7) is 5.23. The Hall–Kier alpha value is -2.49. The van der Waals surface area contributed by atoms with Crippen LogP contribution < -0.4 is 14.8 Å². The highest BCUT2D eigenvalue weighted by Crippen LogP contribution is 2.16. The van der Waals surface area contributed by atoms with E-state index in [-0.39, 0.29) is 5.91 Å². The fourth-order valence-electron chi connectivity index (χ4n) is 2.16. The van der Waals surface area contributed by atoms with Gasteiger partial charge in [0.1, 0.15) is 11.5 Å². The first kappa shape index (κ1) is 17.9. The van der Waals surface area contributed by atoms with Crippen molar-refractivity contribution in [3.63, 3.8) is 0 Å². The van der Waals surface area contributed by atoms with Gasteiger partial charge in [-0.25, -0.2) is 0 Å². The summed E-state index contributed by atoms with van der Waals surface area (Å²) in [7, 11) is 0. The first-order valence-electron chi connectivity index (χ1n) is 8.45.